The van der Waals surface area contributed by atoms with Crippen molar-refractivity contribution in [1.82, 2.24) is 0 Å². The number of hydrogen-bond acceptors (Lipinski definition) is 0. The summed E-state index contributed by atoms with van der Waals surface area (Å²) < 4.78 is 0. The van der Waals surface area contributed by atoms with E-state index in [0.717, 1.165) is 0 Å². The molecule has 1 unspecified atom stereocenters. The van der Waals surface area contributed by atoms with Crippen LogP contribution in [0.3, 0.4) is 0 Å². The number of hydrogen-bond donors (Lipinski definition) is 0. The molecule has 0 aromatic carbocycles. The SMILES string of the molecule is [C]#CC(C)CC#C. The zero-order valence-corrected chi connectivity index (χ0v) is 4.36. The lowest BCUT2D eigenvalue weighted by Gasteiger charge is -1.90. The molecule has 0 heterocycles. The Morgan fingerprint density at radius 1 is 1.86 bits per heavy atom. The molecule has 0 N–H and O–H groups in total. The fourth-order valence-corrected chi connectivity index (χ4v) is 0.228. The van der Waals surface area contributed by atoms with Crippen molar-refractivity contribution in [2.24, 2.45) is 5.92 Å². The first-order valence-corrected chi connectivity index (χ1v) is 2.17. The fraction of sp³-hybridized carbons (Fsp3) is 0.429. The Balaban J connectivity index is 3.27. The maximum Gasteiger partial charge on any atom is 0.0294 e. The van der Waals surface area contributed by atoms with Crippen molar-refractivity contribution in [3.63, 3.8) is 0 Å². The van der Waals surface area contributed by atoms with Gasteiger partial charge in [-0.05, 0) is 6.42 Å². The average Bonchev–Trinajstić information content (AvgIpc) is 1.68. The highest BCUT2D eigenvalue weighted by Gasteiger charge is 1.88. The molecule has 0 aromatic heterocycles. The van der Waals surface area contributed by atoms with Gasteiger partial charge in [0.05, 0.1) is 0 Å². The number of terminal acetylenes is 1. The molecule has 0 aliphatic carbocycles. The Kier molecular flexibility index (Phi) is 2.90. The maximum absolute atomic E-state index is 6.57. The molecular weight excluding hydrogens is 84.1 g/mol. The molecule has 7 heavy (non-hydrogen) atoms. The van der Waals surface area contributed by atoms with Crippen LogP contribution < -0.4 is 0 Å². The van der Waals surface area contributed by atoms with E-state index in [-0.39, 0.29) is 5.92 Å². The Bertz CT molecular complexity index is 109. The Labute approximate surface area is 44.9 Å². The van der Waals surface area contributed by atoms with Gasteiger partial charge in [0.1, 0.15) is 0 Å². The highest BCUT2D eigenvalue weighted by molar-refractivity contribution is 4.94. The quantitative estimate of drug-likeness (QED) is 0.426. The van der Waals surface area contributed by atoms with Crippen LogP contribution >= 0.6 is 0 Å². The summed E-state index contributed by atoms with van der Waals surface area (Å²) in [6.07, 6.45) is 12.1. The summed E-state index contributed by atoms with van der Waals surface area (Å²) in [5.74, 6) is 4.84. The van der Waals surface area contributed by atoms with Gasteiger partial charge in [0, 0.05) is 12.3 Å². The van der Waals surface area contributed by atoms with Crippen molar-refractivity contribution in [3.8, 4) is 18.3 Å². The first-order chi connectivity index (χ1) is 3.31. The van der Waals surface area contributed by atoms with Crippen molar-refractivity contribution in [2.75, 3.05) is 0 Å². The van der Waals surface area contributed by atoms with Gasteiger partial charge in [0.2, 0.25) is 0 Å². The number of rotatable bonds is 1. The summed E-state index contributed by atoms with van der Waals surface area (Å²) in [6, 6.07) is 0. The lowest BCUT2D eigenvalue weighted by atomic mass is 10.1. The van der Waals surface area contributed by atoms with E-state index >= 15 is 0 Å². The highest BCUT2D eigenvalue weighted by Crippen LogP contribution is 1.94. The van der Waals surface area contributed by atoms with E-state index in [9.17, 15) is 0 Å². The second-order valence-electron chi connectivity index (χ2n) is 1.45. The van der Waals surface area contributed by atoms with Crippen molar-refractivity contribution in [1.29, 1.82) is 0 Å². The second-order valence-corrected chi connectivity index (χ2v) is 1.45. The molecule has 0 rings (SSSR count). The van der Waals surface area contributed by atoms with E-state index in [1.807, 2.05) is 6.92 Å². The van der Waals surface area contributed by atoms with Gasteiger partial charge in [-0.3, -0.25) is 0 Å². The summed E-state index contributed by atoms with van der Waals surface area (Å²) in [6.45, 7) is 1.87. The van der Waals surface area contributed by atoms with Gasteiger partial charge in [0.15, 0.2) is 0 Å². The van der Waals surface area contributed by atoms with E-state index in [1.165, 1.54) is 0 Å². The lowest BCUT2D eigenvalue weighted by molar-refractivity contribution is 0.789. The molecule has 0 aromatic rings. The largest absolute Gasteiger partial charge is 0.120 e. The van der Waals surface area contributed by atoms with Crippen molar-refractivity contribution < 1.29 is 0 Å². The zero-order chi connectivity index (χ0) is 5.70. The molecule has 0 saturated heterocycles. The van der Waals surface area contributed by atoms with Crippen LogP contribution in [0.15, 0.2) is 0 Å². The van der Waals surface area contributed by atoms with Crippen LogP contribution in [0.25, 0.3) is 0 Å². The molecule has 1 radical (unpaired) electrons. The molecule has 0 heteroatoms. The summed E-state index contributed by atoms with van der Waals surface area (Å²) in [5, 5.41) is 0. The monoisotopic (exact) mass is 91.1 g/mol. The molecule has 0 aliphatic rings. The predicted molar refractivity (Wildman–Crippen MR) is 29.7 cm³/mol. The third-order valence-electron chi connectivity index (χ3n) is 0.670. The van der Waals surface area contributed by atoms with Gasteiger partial charge in [-0.2, -0.15) is 0 Å². The molecule has 35 valence electrons. The van der Waals surface area contributed by atoms with Crippen LogP contribution in [0.5, 0.6) is 0 Å². The molecule has 0 spiro atoms. The minimum absolute atomic E-state index is 0.130. The summed E-state index contributed by atoms with van der Waals surface area (Å²) in [4.78, 5) is 0. The zero-order valence-electron chi connectivity index (χ0n) is 4.36. The first kappa shape index (κ1) is 6.12. The Morgan fingerprint density at radius 3 is 2.57 bits per heavy atom. The second kappa shape index (κ2) is 3.32. The van der Waals surface area contributed by atoms with Crippen molar-refractivity contribution in [2.45, 2.75) is 13.3 Å². The van der Waals surface area contributed by atoms with Crippen molar-refractivity contribution >= 4 is 0 Å². The molecule has 0 aliphatic heterocycles. The van der Waals surface area contributed by atoms with Crippen LogP contribution in [-0.2, 0) is 0 Å². The van der Waals surface area contributed by atoms with Gasteiger partial charge < -0.3 is 0 Å². The summed E-state index contributed by atoms with van der Waals surface area (Å²) in [7, 11) is 0. The first-order valence-electron chi connectivity index (χ1n) is 2.17. The smallest absolute Gasteiger partial charge is 0.0294 e. The van der Waals surface area contributed by atoms with E-state index in [4.69, 9.17) is 12.8 Å². The maximum atomic E-state index is 6.57. The normalized spacial score (nSPS) is 11.3. The van der Waals surface area contributed by atoms with E-state index in [0.29, 0.717) is 6.42 Å². The molecular formula is C7H7. The van der Waals surface area contributed by atoms with Gasteiger partial charge >= 0.3 is 0 Å². The van der Waals surface area contributed by atoms with Crippen LogP contribution in [0.2, 0.25) is 0 Å². The van der Waals surface area contributed by atoms with Crippen LogP contribution in [0.1, 0.15) is 13.3 Å². The van der Waals surface area contributed by atoms with Crippen LogP contribution in [0.4, 0.5) is 0 Å². The third kappa shape index (κ3) is 2.94. The lowest BCUT2D eigenvalue weighted by Crippen LogP contribution is -1.83. The van der Waals surface area contributed by atoms with Gasteiger partial charge in [-0.25, -0.2) is 0 Å². The average molecular weight is 91.1 g/mol. The van der Waals surface area contributed by atoms with Crippen LogP contribution in [-0.4, -0.2) is 0 Å². The van der Waals surface area contributed by atoms with Gasteiger partial charge in [0.25, 0.3) is 0 Å². The minimum Gasteiger partial charge on any atom is -0.120 e. The molecule has 0 amide bonds. The van der Waals surface area contributed by atoms with E-state index < -0.39 is 0 Å². The van der Waals surface area contributed by atoms with E-state index in [2.05, 4.69) is 11.8 Å². The fourth-order valence-electron chi connectivity index (χ4n) is 0.228. The van der Waals surface area contributed by atoms with Gasteiger partial charge in [-0.1, -0.05) is 12.8 Å². The molecule has 0 bridgehead atoms. The predicted octanol–water partition coefficient (Wildman–Crippen LogP) is 1.24. The highest BCUT2D eigenvalue weighted by atomic mass is 13.9. The molecule has 0 nitrogen and oxygen atoms in total. The topological polar surface area (TPSA) is 0 Å². The minimum atomic E-state index is 0.130. The third-order valence-corrected chi connectivity index (χ3v) is 0.670. The standard InChI is InChI=1S/C7H7/c1-4-6-7(3)5-2/h1,7H,6H2,3H3. The Hall–Kier alpha value is -0.880. The van der Waals surface area contributed by atoms with Crippen molar-refractivity contribution in [3.05, 3.63) is 6.42 Å². The van der Waals surface area contributed by atoms with Gasteiger partial charge in [-0.15, -0.1) is 12.3 Å². The molecule has 0 fully saturated rings. The Morgan fingerprint density at radius 2 is 2.43 bits per heavy atom. The molecule has 1 atom stereocenters. The molecule has 0 saturated carbocycles. The van der Waals surface area contributed by atoms with E-state index in [1.54, 1.807) is 0 Å². The summed E-state index contributed by atoms with van der Waals surface area (Å²) in [5.41, 5.74) is 0. The van der Waals surface area contributed by atoms with Crippen LogP contribution in [0, 0.1) is 30.6 Å². The summed E-state index contributed by atoms with van der Waals surface area (Å²) >= 11 is 0.